The third-order valence-electron chi connectivity index (χ3n) is 28.4. The molecule has 0 bridgehead atoms. The van der Waals surface area contributed by atoms with E-state index in [4.69, 9.17) is 10.0 Å². The molecule has 0 fully saturated rings. The molecule has 26 aromatic carbocycles. The number of rotatable bonds is 7. The number of H-pyrrole nitrogens is 1. The van der Waals surface area contributed by atoms with Crippen LogP contribution in [0.4, 0.5) is 0 Å². The van der Waals surface area contributed by atoms with E-state index in [-0.39, 0.29) is 0 Å². The van der Waals surface area contributed by atoms with Crippen molar-refractivity contribution in [2.75, 3.05) is 0 Å². The van der Waals surface area contributed by atoms with Gasteiger partial charge in [0.25, 0.3) is 0 Å². The normalized spacial score (nSPS) is 11.6. The predicted molar refractivity (Wildman–Crippen MR) is 630 cm³/mol. The quantitative estimate of drug-likeness (QED) is 0.110. The van der Waals surface area contributed by atoms with Crippen LogP contribution < -0.4 is 5.46 Å². The van der Waals surface area contributed by atoms with E-state index in [1.54, 1.807) is 24.3 Å². The summed E-state index contributed by atoms with van der Waals surface area (Å²) in [6.07, 6.45) is 0. The smallest absolute Gasteiger partial charge is 0.423 e. The second-order valence-electron chi connectivity index (χ2n) is 36.4. The molecule has 3 heterocycles. The number of aromatic amines is 1. The van der Waals surface area contributed by atoms with Crippen LogP contribution in [0.15, 0.2) is 508 Å². The van der Waals surface area contributed by atoms with Crippen LogP contribution in [0, 0.1) is 0 Å². The van der Waals surface area contributed by atoms with E-state index in [9.17, 15) is 0 Å². The van der Waals surface area contributed by atoms with Crippen molar-refractivity contribution in [3.05, 3.63) is 508 Å². The standard InChI is InChI=1S/C58H36N2.C34H20Br2.C22H12Br2.C12H9N.C6H6BBrO2/c1-2-14-43-42(13-1)52-35-39(37-25-30-40(31-26-37)59-54-21-9-5-16-45(54)46-17-6-10-22-55(46)59)29-34-50(52)58-49-20-4-3-15-44(49)51(36-53(43)58)38-27-32-41(33-28-38)60-56-23-11-7-18-47(56)48-19-8-12-24-57(48)60;35-24-14-9-21(10-15-24)23-13-18-30-32(19-23)26-5-1-2-6-27(26)33-20-31(22-11-16-25(36)17-12-22)28-7-3-4-8-29(28)34(30)33;23-13-9-10-18-19(11-13)14-5-1-2-6-15(14)20-12-21(24)16-7-3-4-8-17(16)22(18)20;1-3-7-11-9(5-1)10-6-2-4-8-12(10)13-11;8-6-3-1-5(2-4-6)7(9)10/h1-36H;1-20H;1-12H;1-8,13H;1-4,9-10H. The van der Waals surface area contributed by atoms with Crippen LogP contribution in [0.2, 0.25) is 0 Å². The fourth-order valence-electron chi connectivity index (χ4n) is 21.9. The molecule has 0 atom stereocenters. The summed E-state index contributed by atoms with van der Waals surface area (Å²) in [5.74, 6) is 0. The number of benzene rings is 26. The SMILES string of the molecule is Brc1ccc(-c2ccc3c(c2)c2ccccc2c2cc(-c4ccc(Br)cc4)c4ccccc4c32)cc1.Brc1ccc2c(c1)c1ccccc1c1cc(Br)c3ccccc3c21.OB(O)c1ccc(Br)cc1.c1ccc2c(c1)[nH]c1ccccc12.c1ccc2c(c1)c(-c1ccc(-n3c4ccccc4c4ccccc43)cc1)cc1c3ccccc3c3cc(-c4ccc(-n5c6ccccc6c6ccccc65)cc4)ccc3c21. The first kappa shape index (κ1) is 89.0. The van der Waals surface area contributed by atoms with E-state index in [1.165, 1.54) is 239 Å². The number of halogens is 5. The molecular formula is C132H83BBr5N3O2. The maximum Gasteiger partial charge on any atom is 0.488 e. The summed E-state index contributed by atoms with van der Waals surface area (Å²) in [6, 6.07) is 174. The zero-order valence-electron chi connectivity index (χ0n) is 76.9. The van der Waals surface area contributed by atoms with Gasteiger partial charge in [-0.15, -0.1) is 0 Å². The Kier molecular flexibility index (Phi) is 23.4. The Morgan fingerprint density at radius 2 is 0.427 bits per heavy atom. The first-order valence-electron chi connectivity index (χ1n) is 47.8. The average Bonchev–Trinajstić information content (AvgIpc) is 1.67. The van der Waals surface area contributed by atoms with Crippen molar-refractivity contribution in [3.63, 3.8) is 0 Å². The van der Waals surface area contributed by atoms with E-state index in [1.807, 2.05) is 0 Å². The van der Waals surface area contributed by atoms with Crippen molar-refractivity contribution < 1.29 is 10.0 Å². The predicted octanol–water partition coefficient (Wildman–Crippen LogP) is 38.3. The van der Waals surface area contributed by atoms with Crippen LogP contribution in [-0.2, 0) is 0 Å². The molecule has 11 heteroatoms. The molecule has 0 radical (unpaired) electrons. The van der Waals surface area contributed by atoms with Crippen molar-refractivity contribution in [3.8, 4) is 55.9 Å². The summed E-state index contributed by atoms with van der Waals surface area (Å²) in [5.41, 5.74) is 20.0. The fraction of sp³-hybridized carbons (Fsp3) is 0. The molecule has 676 valence electrons. The van der Waals surface area contributed by atoms with Crippen LogP contribution in [0.25, 0.3) is 251 Å². The number of fused-ring (bicyclic) bond motifs is 33. The highest BCUT2D eigenvalue weighted by atomic mass is 79.9. The summed E-state index contributed by atoms with van der Waals surface area (Å²) in [6.45, 7) is 0. The van der Waals surface area contributed by atoms with Crippen LogP contribution >= 0.6 is 79.6 Å². The minimum absolute atomic E-state index is 0.503. The molecule has 0 spiro atoms. The van der Waals surface area contributed by atoms with Crippen molar-refractivity contribution in [1.82, 2.24) is 14.1 Å². The highest BCUT2D eigenvalue weighted by molar-refractivity contribution is 9.11. The van der Waals surface area contributed by atoms with E-state index in [2.05, 4.69) is 555 Å². The Labute approximate surface area is 866 Å². The van der Waals surface area contributed by atoms with Gasteiger partial charge in [0.05, 0.1) is 22.1 Å². The van der Waals surface area contributed by atoms with Crippen LogP contribution in [0.3, 0.4) is 0 Å². The summed E-state index contributed by atoms with van der Waals surface area (Å²) in [7, 11) is -1.37. The minimum atomic E-state index is -1.37. The summed E-state index contributed by atoms with van der Waals surface area (Å²) in [5, 5.41) is 55.9. The summed E-state index contributed by atoms with van der Waals surface area (Å²) in [4.78, 5) is 3.38. The lowest BCUT2D eigenvalue weighted by atomic mass is 9.81. The monoisotopic (exact) mass is 2150 g/mol. The Balaban J connectivity index is 0.000000108. The lowest BCUT2D eigenvalue weighted by Crippen LogP contribution is -2.29. The van der Waals surface area contributed by atoms with Crippen molar-refractivity contribution in [2.45, 2.75) is 0 Å². The molecular weight excluding hydrogens is 2070 g/mol. The van der Waals surface area contributed by atoms with Crippen molar-refractivity contribution in [2.24, 2.45) is 0 Å². The largest absolute Gasteiger partial charge is 0.488 e. The molecule has 0 amide bonds. The molecule has 0 saturated carbocycles. The molecule has 29 rings (SSSR count). The number of para-hydroxylation sites is 6. The van der Waals surface area contributed by atoms with Gasteiger partial charge in [-0.05, 0) is 319 Å². The molecule has 0 saturated heterocycles. The lowest BCUT2D eigenvalue weighted by molar-refractivity contribution is 0.426. The van der Waals surface area contributed by atoms with E-state index in [0.29, 0.717) is 5.46 Å². The number of aromatic nitrogens is 3. The summed E-state index contributed by atoms with van der Waals surface area (Å²) < 4.78 is 10.1. The van der Waals surface area contributed by atoms with E-state index in [0.717, 1.165) is 33.7 Å². The molecule has 29 aromatic rings. The van der Waals surface area contributed by atoms with E-state index >= 15 is 0 Å². The van der Waals surface area contributed by atoms with Crippen LogP contribution in [-0.4, -0.2) is 31.3 Å². The highest BCUT2D eigenvalue weighted by Gasteiger charge is 2.23. The number of hydrogen-bond acceptors (Lipinski definition) is 2. The average molecular weight is 2150 g/mol. The maximum absolute atomic E-state index is 8.65. The first-order valence-corrected chi connectivity index (χ1v) is 51.8. The van der Waals surface area contributed by atoms with Gasteiger partial charge in [-0.25, -0.2) is 0 Å². The number of nitrogens with zero attached hydrogens (tertiary/aromatic N) is 2. The van der Waals surface area contributed by atoms with Gasteiger partial charge in [-0.1, -0.05) is 425 Å². The van der Waals surface area contributed by atoms with Gasteiger partial charge < -0.3 is 24.2 Å². The van der Waals surface area contributed by atoms with Crippen molar-refractivity contribution >= 4 is 287 Å². The summed E-state index contributed by atoms with van der Waals surface area (Å²) >= 11 is 17.8. The molecule has 0 unspecified atom stereocenters. The van der Waals surface area contributed by atoms with Gasteiger partial charge in [0.15, 0.2) is 0 Å². The fourth-order valence-corrected chi connectivity index (χ4v) is 23.6. The maximum atomic E-state index is 8.65. The zero-order valence-corrected chi connectivity index (χ0v) is 84.9. The molecule has 3 N–H and O–H groups in total. The molecule has 5 nitrogen and oxygen atoms in total. The second kappa shape index (κ2) is 37.6. The van der Waals surface area contributed by atoms with Gasteiger partial charge in [-0.3, -0.25) is 0 Å². The third-order valence-corrected chi connectivity index (χ3v) is 31.1. The minimum Gasteiger partial charge on any atom is -0.423 e. The molecule has 0 aliphatic rings. The van der Waals surface area contributed by atoms with Crippen LogP contribution in [0.1, 0.15) is 0 Å². The Morgan fingerprint density at radius 3 is 0.804 bits per heavy atom. The zero-order chi connectivity index (χ0) is 96.0. The van der Waals surface area contributed by atoms with Gasteiger partial charge in [0.2, 0.25) is 0 Å². The Bertz CT molecular complexity index is 9990. The third kappa shape index (κ3) is 16.1. The van der Waals surface area contributed by atoms with Crippen molar-refractivity contribution in [1.29, 1.82) is 0 Å². The highest BCUT2D eigenvalue weighted by Crippen LogP contribution is 2.49. The first-order chi connectivity index (χ1) is 70.3. The molecule has 0 aliphatic heterocycles. The molecule has 143 heavy (non-hydrogen) atoms. The second-order valence-corrected chi connectivity index (χ2v) is 41.0. The van der Waals surface area contributed by atoms with Gasteiger partial charge in [0.1, 0.15) is 0 Å². The molecule has 0 aliphatic carbocycles. The van der Waals surface area contributed by atoms with Gasteiger partial charge in [-0.2, -0.15) is 0 Å². The topological polar surface area (TPSA) is 66.1 Å². The lowest BCUT2D eigenvalue weighted by Gasteiger charge is -2.17. The Hall–Kier alpha value is -15.4. The Morgan fingerprint density at radius 1 is 0.175 bits per heavy atom. The van der Waals surface area contributed by atoms with Gasteiger partial charge in [0, 0.05) is 77.1 Å². The number of nitrogens with one attached hydrogen (secondary N) is 1. The van der Waals surface area contributed by atoms with Gasteiger partial charge >= 0.3 is 7.12 Å². The number of hydrogen-bond donors (Lipinski definition) is 3. The van der Waals surface area contributed by atoms with E-state index < -0.39 is 7.12 Å². The molecule has 3 aromatic heterocycles. The van der Waals surface area contributed by atoms with Crippen LogP contribution in [0.5, 0.6) is 0 Å².